The molecule has 14 heavy (non-hydrogen) atoms. The maximum Gasteiger partial charge on any atom is 0.0686 e. The minimum absolute atomic E-state index is 0.275. The van der Waals surface area contributed by atoms with Crippen LogP contribution in [-0.2, 0) is 0 Å². The molecule has 1 N–H and O–H groups in total. The summed E-state index contributed by atoms with van der Waals surface area (Å²) >= 11 is 0. The van der Waals surface area contributed by atoms with Crippen LogP contribution in [0.2, 0.25) is 0 Å². The number of nitrogens with one attached hydrogen (secondary N) is 1. The van der Waals surface area contributed by atoms with Crippen LogP contribution in [-0.4, -0.2) is 12.1 Å². The van der Waals surface area contributed by atoms with Crippen molar-refractivity contribution < 1.29 is 0 Å². The van der Waals surface area contributed by atoms with Crippen molar-refractivity contribution in [3.05, 3.63) is 0 Å². The van der Waals surface area contributed by atoms with Gasteiger partial charge in [0.25, 0.3) is 0 Å². The van der Waals surface area contributed by atoms with Gasteiger partial charge in [0.05, 0.1) is 6.04 Å². The minimum atomic E-state index is 0.275. The molecule has 0 bridgehead atoms. The smallest absolute Gasteiger partial charge is 0.0686 e. The minimum Gasteiger partial charge on any atom is -0.301 e. The van der Waals surface area contributed by atoms with Gasteiger partial charge in [-0.25, -0.2) is 0 Å². The number of terminal acetylenes is 1. The molecule has 0 radical (unpaired) electrons. The number of rotatable bonds is 3. The second-order valence-electron chi connectivity index (χ2n) is 4.91. The summed E-state index contributed by atoms with van der Waals surface area (Å²) in [6, 6.07) is 0.923. The molecule has 0 aromatic rings. The molecule has 0 saturated heterocycles. The van der Waals surface area contributed by atoms with Crippen molar-refractivity contribution in [3.63, 3.8) is 0 Å². The fourth-order valence-corrected chi connectivity index (χ4v) is 2.65. The summed E-state index contributed by atoms with van der Waals surface area (Å²) < 4.78 is 0. The maximum absolute atomic E-state index is 5.46. The van der Waals surface area contributed by atoms with Crippen LogP contribution in [0.5, 0.6) is 0 Å². The molecule has 0 heterocycles. The molecule has 0 spiro atoms. The van der Waals surface area contributed by atoms with Gasteiger partial charge in [-0.1, -0.05) is 26.7 Å². The molecular formula is C13H23N. The van der Waals surface area contributed by atoms with Crippen LogP contribution >= 0.6 is 0 Å². The largest absolute Gasteiger partial charge is 0.301 e. The second kappa shape index (κ2) is 5.41. The van der Waals surface area contributed by atoms with Crippen LogP contribution in [0.15, 0.2) is 0 Å². The summed E-state index contributed by atoms with van der Waals surface area (Å²) in [6.45, 7) is 6.84. The average molecular weight is 193 g/mol. The van der Waals surface area contributed by atoms with Crippen LogP contribution in [0.4, 0.5) is 0 Å². The summed E-state index contributed by atoms with van der Waals surface area (Å²) in [7, 11) is 0. The van der Waals surface area contributed by atoms with E-state index >= 15 is 0 Å². The monoisotopic (exact) mass is 193 g/mol. The zero-order valence-electron chi connectivity index (χ0n) is 9.72. The third kappa shape index (κ3) is 3.35. The Morgan fingerprint density at radius 2 is 1.86 bits per heavy atom. The van der Waals surface area contributed by atoms with E-state index in [2.05, 4.69) is 32.0 Å². The average Bonchev–Trinajstić information content (AvgIpc) is 2.12. The van der Waals surface area contributed by atoms with Gasteiger partial charge in [-0.3, -0.25) is 0 Å². The van der Waals surface area contributed by atoms with Crippen molar-refractivity contribution >= 4 is 0 Å². The fourth-order valence-electron chi connectivity index (χ4n) is 2.65. The molecule has 1 aliphatic carbocycles. The fraction of sp³-hybridized carbons (Fsp3) is 0.846. The summed E-state index contributed by atoms with van der Waals surface area (Å²) in [5.74, 6) is 4.52. The molecular weight excluding hydrogens is 170 g/mol. The van der Waals surface area contributed by atoms with Crippen LogP contribution in [0, 0.1) is 24.2 Å². The van der Waals surface area contributed by atoms with Crippen LogP contribution in [0.1, 0.15) is 46.5 Å². The molecule has 1 heteroatoms. The molecule has 1 fully saturated rings. The zero-order chi connectivity index (χ0) is 10.6. The van der Waals surface area contributed by atoms with Crippen LogP contribution in [0.25, 0.3) is 0 Å². The van der Waals surface area contributed by atoms with Crippen molar-refractivity contribution in [1.82, 2.24) is 5.32 Å². The molecule has 3 unspecified atom stereocenters. The van der Waals surface area contributed by atoms with Crippen molar-refractivity contribution in [2.75, 3.05) is 0 Å². The van der Waals surface area contributed by atoms with E-state index in [-0.39, 0.29) is 6.04 Å². The topological polar surface area (TPSA) is 12.0 Å². The molecule has 0 aliphatic heterocycles. The summed E-state index contributed by atoms with van der Waals surface area (Å²) in [6.07, 6.45) is 10.5. The first-order valence-corrected chi connectivity index (χ1v) is 5.87. The van der Waals surface area contributed by atoms with Crippen molar-refractivity contribution in [1.29, 1.82) is 0 Å². The van der Waals surface area contributed by atoms with Crippen molar-refractivity contribution in [2.45, 2.75) is 58.5 Å². The lowest BCUT2D eigenvalue weighted by atomic mass is 9.80. The lowest BCUT2D eigenvalue weighted by molar-refractivity contribution is 0.232. The van der Waals surface area contributed by atoms with Crippen LogP contribution in [0.3, 0.4) is 0 Å². The molecule has 1 saturated carbocycles. The molecule has 1 rings (SSSR count). The summed E-state index contributed by atoms with van der Waals surface area (Å²) in [4.78, 5) is 0. The van der Waals surface area contributed by atoms with Gasteiger partial charge in [0.2, 0.25) is 0 Å². The highest BCUT2D eigenvalue weighted by atomic mass is 14.9. The van der Waals surface area contributed by atoms with Crippen LogP contribution < -0.4 is 5.32 Å². The standard InChI is InChI=1S/C13H23N/c1-5-12(6-2)14-13-8-10(3)7-11(4)9-13/h1,10-14H,6-9H2,2-4H3. The molecule has 0 amide bonds. The van der Waals surface area contributed by atoms with E-state index in [0.717, 1.165) is 18.3 Å². The van der Waals surface area contributed by atoms with Gasteiger partial charge in [-0.15, -0.1) is 6.42 Å². The van der Waals surface area contributed by atoms with Gasteiger partial charge in [0.1, 0.15) is 0 Å². The normalized spacial score (nSPS) is 34.9. The van der Waals surface area contributed by atoms with Crippen molar-refractivity contribution in [3.8, 4) is 12.3 Å². The Morgan fingerprint density at radius 3 is 2.29 bits per heavy atom. The van der Waals surface area contributed by atoms with E-state index in [0.29, 0.717) is 6.04 Å². The van der Waals surface area contributed by atoms with Gasteiger partial charge in [0.15, 0.2) is 0 Å². The quantitative estimate of drug-likeness (QED) is 0.680. The molecule has 3 atom stereocenters. The van der Waals surface area contributed by atoms with Gasteiger partial charge in [0, 0.05) is 6.04 Å². The third-order valence-electron chi connectivity index (χ3n) is 3.22. The number of hydrogen-bond donors (Lipinski definition) is 1. The predicted molar refractivity (Wildman–Crippen MR) is 62.0 cm³/mol. The Morgan fingerprint density at radius 1 is 1.29 bits per heavy atom. The molecule has 1 nitrogen and oxygen atoms in total. The van der Waals surface area contributed by atoms with E-state index in [1.807, 2.05) is 0 Å². The van der Waals surface area contributed by atoms with E-state index in [1.165, 1.54) is 19.3 Å². The van der Waals surface area contributed by atoms with Gasteiger partial charge >= 0.3 is 0 Å². The number of hydrogen-bond acceptors (Lipinski definition) is 1. The Hall–Kier alpha value is -0.480. The lowest BCUT2D eigenvalue weighted by Crippen LogP contribution is -2.41. The van der Waals surface area contributed by atoms with Crippen molar-refractivity contribution in [2.24, 2.45) is 11.8 Å². The SMILES string of the molecule is C#CC(CC)NC1CC(C)CC(C)C1. The molecule has 0 aromatic carbocycles. The van der Waals surface area contributed by atoms with E-state index < -0.39 is 0 Å². The first-order chi connectivity index (χ1) is 6.65. The molecule has 0 aromatic heterocycles. The van der Waals surface area contributed by atoms with E-state index in [1.54, 1.807) is 0 Å². The van der Waals surface area contributed by atoms with E-state index in [9.17, 15) is 0 Å². The first kappa shape index (κ1) is 11.6. The zero-order valence-corrected chi connectivity index (χ0v) is 9.72. The van der Waals surface area contributed by atoms with Gasteiger partial charge < -0.3 is 5.32 Å². The highest BCUT2D eigenvalue weighted by Crippen LogP contribution is 2.28. The first-order valence-electron chi connectivity index (χ1n) is 5.87. The lowest BCUT2D eigenvalue weighted by Gasteiger charge is -2.33. The highest BCUT2D eigenvalue weighted by Gasteiger charge is 2.24. The second-order valence-corrected chi connectivity index (χ2v) is 4.91. The molecule has 80 valence electrons. The van der Waals surface area contributed by atoms with Gasteiger partial charge in [-0.05, 0) is 37.5 Å². The Balaban J connectivity index is 2.40. The Labute approximate surface area is 88.7 Å². The predicted octanol–water partition coefficient (Wildman–Crippen LogP) is 2.81. The maximum atomic E-state index is 5.46. The van der Waals surface area contributed by atoms with Gasteiger partial charge in [-0.2, -0.15) is 0 Å². The van der Waals surface area contributed by atoms with E-state index in [4.69, 9.17) is 6.42 Å². The third-order valence-corrected chi connectivity index (χ3v) is 3.22. The molecule has 1 aliphatic rings. The summed E-state index contributed by atoms with van der Waals surface area (Å²) in [5.41, 5.74) is 0. The highest BCUT2D eigenvalue weighted by molar-refractivity contribution is 4.99. The Kier molecular flexibility index (Phi) is 4.48. The Bertz CT molecular complexity index is 194. The summed E-state index contributed by atoms with van der Waals surface area (Å²) in [5, 5.41) is 3.58.